The highest BCUT2D eigenvalue weighted by molar-refractivity contribution is 5.82. The van der Waals surface area contributed by atoms with Crippen LogP contribution >= 0.6 is 0 Å². The molecule has 1 saturated heterocycles. The maximum absolute atomic E-state index is 11.4. The van der Waals surface area contributed by atoms with Crippen molar-refractivity contribution in [3.63, 3.8) is 0 Å². The Kier molecular flexibility index (Phi) is 3.97. The summed E-state index contributed by atoms with van der Waals surface area (Å²) in [6.07, 6.45) is 2.83. The molecule has 0 bridgehead atoms. The van der Waals surface area contributed by atoms with Crippen molar-refractivity contribution in [3.05, 3.63) is 35.6 Å². The Bertz CT molecular complexity index is 647. The van der Waals surface area contributed by atoms with Crippen molar-refractivity contribution < 1.29 is 9.21 Å². The Labute approximate surface area is 124 Å². The van der Waals surface area contributed by atoms with E-state index in [0.717, 1.165) is 50.2 Å². The first-order chi connectivity index (χ1) is 10.2. The lowest BCUT2D eigenvalue weighted by molar-refractivity contribution is -0.123. The molecule has 4 nitrogen and oxygen atoms in total. The molecule has 1 aliphatic rings. The Morgan fingerprint density at radius 2 is 2.24 bits per heavy atom. The van der Waals surface area contributed by atoms with E-state index in [1.165, 1.54) is 10.9 Å². The van der Waals surface area contributed by atoms with Gasteiger partial charge in [-0.2, -0.15) is 0 Å². The van der Waals surface area contributed by atoms with E-state index in [4.69, 9.17) is 10.2 Å². The van der Waals surface area contributed by atoms with E-state index < -0.39 is 0 Å². The molecule has 0 spiro atoms. The molecule has 1 aliphatic heterocycles. The Morgan fingerprint density at radius 1 is 1.43 bits per heavy atom. The van der Waals surface area contributed by atoms with Crippen LogP contribution in [0.2, 0.25) is 0 Å². The number of likely N-dealkylation sites (tertiary alicyclic amines) is 1. The molecule has 1 atom stereocenters. The highest BCUT2D eigenvalue weighted by atomic mass is 16.3. The first-order valence-electron chi connectivity index (χ1n) is 7.70. The molecular weight excluding hydrogens is 264 g/mol. The van der Waals surface area contributed by atoms with Crippen molar-refractivity contribution in [1.82, 2.24) is 4.90 Å². The van der Waals surface area contributed by atoms with Gasteiger partial charge in [0, 0.05) is 30.5 Å². The molecule has 0 radical (unpaired) electrons. The minimum absolute atomic E-state index is 0.0120. The van der Waals surface area contributed by atoms with Crippen LogP contribution in [0.25, 0.3) is 11.0 Å². The van der Waals surface area contributed by atoms with Crippen LogP contribution in [0.1, 0.15) is 31.1 Å². The molecule has 1 aromatic heterocycles. The quantitative estimate of drug-likeness (QED) is 0.940. The molecule has 3 rings (SSSR count). The van der Waals surface area contributed by atoms with Gasteiger partial charge in [-0.15, -0.1) is 0 Å². The van der Waals surface area contributed by atoms with Gasteiger partial charge in [0.25, 0.3) is 0 Å². The van der Waals surface area contributed by atoms with Gasteiger partial charge in [-0.1, -0.05) is 25.1 Å². The van der Waals surface area contributed by atoms with Gasteiger partial charge in [-0.05, 0) is 25.5 Å². The Hall–Kier alpha value is -1.81. The highest BCUT2D eigenvalue weighted by Gasteiger charge is 2.25. The summed E-state index contributed by atoms with van der Waals surface area (Å²) in [4.78, 5) is 13.7. The number of hydrogen-bond acceptors (Lipinski definition) is 3. The van der Waals surface area contributed by atoms with E-state index in [2.05, 4.69) is 17.9 Å². The summed E-state index contributed by atoms with van der Waals surface area (Å²) in [6.45, 7) is 4.73. The fourth-order valence-electron chi connectivity index (χ4n) is 3.26. The first kappa shape index (κ1) is 14.1. The maximum Gasteiger partial charge on any atom is 0.221 e. The SMILES string of the molecule is CCc1oc2ccccc2c1CN1CCCC(C(N)=O)C1. The van der Waals surface area contributed by atoms with E-state index in [9.17, 15) is 4.79 Å². The third-order valence-corrected chi connectivity index (χ3v) is 4.39. The second-order valence-corrected chi connectivity index (χ2v) is 5.83. The molecule has 0 aliphatic carbocycles. The number of primary amides is 1. The molecule has 0 saturated carbocycles. The monoisotopic (exact) mass is 286 g/mol. The smallest absolute Gasteiger partial charge is 0.221 e. The van der Waals surface area contributed by atoms with Crippen molar-refractivity contribution in [2.24, 2.45) is 11.7 Å². The Morgan fingerprint density at radius 3 is 3.00 bits per heavy atom. The number of carbonyl (C=O) groups is 1. The van der Waals surface area contributed by atoms with Crippen molar-refractivity contribution in [2.75, 3.05) is 13.1 Å². The van der Waals surface area contributed by atoms with Gasteiger partial charge in [0.05, 0.1) is 5.92 Å². The zero-order valence-electron chi connectivity index (χ0n) is 12.5. The maximum atomic E-state index is 11.4. The van der Waals surface area contributed by atoms with Gasteiger partial charge >= 0.3 is 0 Å². The second-order valence-electron chi connectivity index (χ2n) is 5.83. The van der Waals surface area contributed by atoms with E-state index in [-0.39, 0.29) is 11.8 Å². The van der Waals surface area contributed by atoms with Gasteiger partial charge < -0.3 is 10.2 Å². The number of amides is 1. The third-order valence-electron chi connectivity index (χ3n) is 4.39. The lowest BCUT2D eigenvalue weighted by atomic mass is 9.96. The fourth-order valence-corrected chi connectivity index (χ4v) is 3.26. The average Bonchev–Trinajstić information content (AvgIpc) is 2.86. The van der Waals surface area contributed by atoms with E-state index in [1.807, 2.05) is 18.2 Å². The average molecular weight is 286 g/mol. The molecule has 2 N–H and O–H groups in total. The summed E-state index contributed by atoms with van der Waals surface area (Å²) in [6, 6.07) is 8.17. The lowest BCUT2D eigenvalue weighted by Gasteiger charge is -2.31. The summed E-state index contributed by atoms with van der Waals surface area (Å²) >= 11 is 0. The van der Waals surface area contributed by atoms with Crippen molar-refractivity contribution >= 4 is 16.9 Å². The number of furan rings is 1. The molecule has 1 aromatic carbocycles. The van der Waals surface area contributed by atoms with E-state index >= 15 is 0 Å². The Balaban J connectivity index is 1.85. The van der Waals surface area contributed by atoms with E-state index in [1.54, 1.807) is 0 Å². The molecule has 21 heavy (non-hydrogen) atoms. The zero-order valence-corrected chi connectivity index (χ0v) is 12.5. The topological polar surface area (TPSA) is 59.5 Å². The van der Waals surface area contributed by atoms with Crippen LogP contribution in [0.15, 0.2) is 28.7 Å². The molecule has 2 heterocycles. The summed E-state index contributed by atoms with van der Waals surface area (Å²) in [5.74, 6) is 0.867. The number of fused-ring (bicyclic) bond motifs is 1. The number of aryl methyl sites for hydroxylation is 1. The number of nitrogens with zero attached hydrogens (tertiary/aromatic N) is 1. The molecule has 4 heteroatoms. The van der Waals surface area contributed by atoms with Crippen LogP contribution in [-0.2, 0) is 17.8 Å². The molecule has 2 aromatic rings. The first-order valence-corrected chi connectivity index (χ1v) is 7.70. The number of nitrogens with two attached hydrogens (primary N) is 1. The van der Waals surface area contributed by atoms with Crippen molar-refractivity contribution in [2.45, 2.75) is 32.7 Å². The summed E-state index contributed by atoms with van der Waals surface area (Å²) in [5, 5.41) is 1.19. The van der Waals surface area contributed by atoms with Crippen LogP contribution in [0.4, 0.5) is 0 Å². The summed E-state index contributed by atoms with van der Waals surface area (Å²) in [7, 11) is 0. The van der Waals surface area contributed by atoms with Crippen LogP contribution < -0.4 is 5.73 Å². The number of para-hydroxylation sites is 1. The number of piperidine rings is 1. The van der Waals surface area contributed by atoms with Crippen molar-refractivity contribution in [3.8, 4) is 0 Å². The highest BCUT2D eigenvalue weighted by Crippen LogP contribution is 2.29. The molecule has 1 unspecified atom stereocenters. The van der Waals surface area contributed by atoms with Crippen LogP contribution in [0, 0.1) is 5.92 Å². The number of carbonyl (C=O) groups excluding carboxylic acids is 1. The molecule has 1 fully saturated rings. The minimum Gasteiger partial charge on any atom is -0.461 e. The largest absolute Gasteiger partial charge is 0.461 e. The van der Waals surface area contributed by atoms with Gasteiger partial charge in [0.1, 0.15) is 11.3 Å². The predicted molar refractivity (Wildman–Crippen MR) is 82.8 cm³/mol. The predicted octanol–water partition coefficient (Wildman–Crippen LogP) is 2.69. The van der Waals surface area contributed by atoms with Crippen LogP contribution in [0.5, 0.6) is 0 Å². The fraction of sp³-hybridized carbons (Fsp3) is 0.471. The van der Waals surface area contributed by atoms with E-state index in [0.29, 0.717) is 0 Å². The number of benzene rings is 1. The number of rotatable bonds is 4. The minimum atomic E-state index is -0.174. The zero-order chi connectivity index (χ0) is 14.8. The number of hydrogen-bond donors (Lipinski definition) is 1. The summed E-state index contributed by atoms with van der Waals surface area (Å²) in [5.41, 5.74) is 7.68. The molecule has 1 amide bonds. The lowest BCUT2D eigenvalue weighted by Crippen LogP contribution is -2.40. The molecular formula is C17H22N2O2. The van der Waals surface area contributed by atoms with Crippen LogP contribution in [-0.4, -0.2) is 23.9 Å². The van der Waals surface area contributed by atoms with Gasteiger partial charge in [-0.25, -0.2) is 0 Å². The van der Waals surface area contributed by atoms with Crippen molar-refractivity contribution in [1.29, 1.82) is 0 Å². The van der Waals surface area contributed by atoms with Crippen LogP contribution in [0.3, 0.4) is 0 Å². The normalized spacial score (nSPS) is 20.0. The van der Waals surface area contributed by atoms with Gasteiger partial charge in [0.2, 0.25) is 5.91 Å². The van der Waals surface area contributed by atoms with Gasteiger partial charge in [-0.3, -0.25) is 9.69 Å². The second kappa shape index (κ2) is 5.90. The third kappa shape index (κ3) is 2.81. The molecule has 112 valence electrons. The summed E-state index contributed by atoms with van der Waals surface area (Å²) < 4.78 is 5.95. The standard InChI is InChI=1S/C17H22N2O2/c1-2-15-14(13-7-3-4-8-16(13)21-15)11-19-9-5-6-12(10-19)17(18)20/h3-4,7-8,12H,2,5-6,9-11H2,1H3,(H2,18,20). The van der Waals surface area contributed by atoms with Gasteiger partial charge in [0.15, 0.2) is 0 Å².